The monoisotopic (exact) mass is 408 g/mol. The Bertz CT molecular complexity index is 865. The number of halogens is 2. The number of hydrogen-bond acceptors (Lipinski definition) is 3. The normalized spacial score (nSPS) is 12.6. The summed E-state index contributed by atoms with van der Waals surface area (Å²) in [6.07, 6.45) is 1.07. The van der Waals surface area contributed by atoms with E-state index in [1.165, 1.54) is 0 Å². The summed E-state index contributed by atoms with van der Waals surface area (Å²) in [5.41, 5.74) is 8.75. The first kappa shape index (κ1) is 23.0. The maximum absolute atomic E-state index is 12.4. The third-order valence-electron chi connectivity index (χ3n) is 4.34. The number of nitrogens with one attached hydrogen (secondary N) is 1. The van der Waals surface area contributed by atoms with Gasteiger partial charge in [0.05, 0.1) is 11.0 Å². The fourth-order valence-corrected chi connectivity index (χ4v) is 2.96. The fourth-order valence-electron chi connectivity index (χ4n) is 2.96. The average Bonchev–Trinajstić information content (AvgIpc) is 2.95. The van der Waals surface area contributed by atoms with Crippen molar-refractivity contribution in [1.82, 2.24) is 14.9 Å². The van der Waals surface area contributed by atoms with Crippen LogP contribution in [0.15, 0.2) is 54.6 Å². The van der Waals surface area contributed by atoms with E-state index in [1.54, 1.807) is 0 Å². The molecular formula is C20H26Cl2N4O. The van der Waals surface area contributed by atoms with E-state index in [2.05, 4.69) is 5.32 Å². The molecular weight excluding hydrogens is 383 g/mol. The molecule has 2 unspecified atom stereocenters. The first-order valence-corrected chi connectivity index (χ1v) is 8.57. The molecule has 146 valence electrons. The standard InChI is InChI=1S/C20H24N4O.2ClH/c1-14(21)12-13-18(25)23-19(15-8-4-3-5-9-15)20-22-16-10-6-7-11-17(16)24(20)2;;/h3-11,14,19H,12-13,21H2,1-2H3,(H,23,25);2*1H. The van der Waals surface area contributed by atoms with Gasteiger partial charge < -0.3 is 15.6 Å². The third kappa shape index (κ3) is 5.45. The van der Waals surface area contributed by atoms with Crippen LogP contribution in [0.3, 0.4) is 0 Å². The molecule has 3 rings (SSSR count). The molecule has 3 aromatic rings. The quantitative estimate of drug-likeness (QED) is 0.651. The van der Waals surface area contributed by atoms with Crippen LogP contribution in [-0.2, 0) is 11.8 Å². The lowest BCUT2D eigenvalue weighted by Gasteiger charge is -2.19. The number of carbonyl (C=O) groups is 1. The number of amides is 1. The van der Waals surface area contributed by atoms with Crippen molar-refractivity contribution < 1.29 is 4.79 Å². The average molecular weight is 409 g/mol. The number of hydrogen-bond donors (Lipinski definition) is 2. The van der Waals surface area contributed by atoms with Gasteiger partial charge >= 0.3 is 0 Å². The molecule has 1 aromatic heterocycles. The zero-order valence-corrected chi connectivity index (χ0v) is 17.1. The van der Waals surface area contributed by atoms with Gasteiger partial charge in [-0.15, -0.1) is 24.8 Å². The van der Waals surface area contributed by atoms with Gasteiger partial charge in [-0.3, -0.25) is 4.79 Å². The maximum Gasteiger partial charge on any atom is 0.220 e. The molecule has 0 aliphatic rings. The van der Waals surface area contributed by atoms with Gasteiger partial charge in [0.15, 0.2) is 0 Å². The van der Waals surface area contributed by atoms with Crippen molar-refractivity contribution >= 4 is 41.8 Å². The van der Waals surface area contributed by atoms with Crippen molar-refractivity contribution in [2.24, 2.45) is 12.8 Å². The topological polar surface area (TPSA) is 72.9 Å². The van der Waals surface area contributed by atoms with Crippen LogP contribution in [0.25, 0.3) is 11.0 Å². The van der Waals surface area contributed by atoms with E-state index in [-0.39, 0.29) is 42.8 Å². The van der Waals surface area contributed by atoms with E-state index in [9.17, 15) is 4.79 Å². The summed E-state index contributed by atoms with van der Waals surface area (Å²) in [5, 5.41) is 3.13. The van der Waals surface area contributed by atoms with Crippen LogP contribution in [0, 0.1) is 0 Å². The van der Waals surface area contributed by atoms with Gasteiger partial charge in [0.25, 0.3) is 0 Å². The van der Waals surface area contributed by atoms with Gasteiger partial charge in [-0.05, 0) is 31.0 Å². The number of nitrogens with zero attached hydrogens (tertiary/aromatic N) is 2. The number of benzene rings is 2. The van der Waals surface area contributed by atoms with E-state index in [4.69, 9.17) is 10.7 Å². The summed E-state index contributed by atoms with van der Waals surface area (Å²) in [4.78, 5) is 17.2. The Kier molecular flexibility index (Phi) is 8.76. The smallest absolute Gasteiger partial charge is 0.220 e. The number of imidazole rings is 1. The van der Waals surface area contributed by atoms with Crippen LogP contribution in [0.5, 0.6) is 0 Å². The molecule has 1 heterocycles. The Morgan fingerprint density at radius 1 is 1.11 bits per heavy atom. The highest BCUT2D eigenvalue weighted by Gasteiger charge is 2.22. The molecule has 2 aromatic carbocycles. The molecule has 0 saturated heterocycles. The minimum absolute atomic E-state index is 0. The molecule has 27 heavy (non-hydrogen) atoms. The molecule has 0 bridgehead atoms. The van der Waals surface area contributed by atoms with Crippen LogP contribution in [-0.4, -0.2) is 21.5 Å². The Morgan fingerprint density at radius 2 is 1.74 bits per heavy atom. The van der Waals surface area contributed by atoms with Crippen molar-refractivity contribution in [3.8, 4) is 0 Å². The Labute approximate surface area is 172 Å². The van der Waals surface area contributed by atoms with Gasteiger partial charge in [-0.25, -0.2) is 4.98 Å². The highest BCUT2D eigenvalue weighted by atomic mass is 35.5. The second kappa shape index (κ2) is 10.3. The summed E-state index contributed by atoms with van der Waals surface area (Å²) < 4.78 is 2.04. The van der Waals surface area contributed by atoms with E-state index in [0.717, 1.165) is 22.4 Å². The highest BCUT2D eigenvalue weighted by Crippen LogP contribution is 2.25. The number of rotatable bonds is 6. The number of fused-ring (bicyclic) bond motifs is 1. The van der Waals surface area contributed by atoms with Crippen molar-refractivity contribution in [1.29, 1.82) is 0 Å². The van der Waals surface area contributed by atoms with Crippen LogP contribution >= 0.6 is 24.8 Å². The summed E-state index contributed by atoms with van der Waals surface area (Å²) in [7, 11) is 1.98. The van der Waals surface area contributed by atoms with Crippen molar-refractivity contribution in [2.45, 2.75) is 31.8 Å². The summed E-state index contributed by atoms with van der Waals surface area (Å²) in [6.45, 7) is 1.91. The van der Waals surface area contributed by atoms with Crippen molar-refractivity contribution in [2.75, 3.05) is 0 Å². The molecule has 0 fully saturated rings. The van der Waals surface area contributed by atoms with Crippen molar-refractivity contribution in [3.05, 3.63) is 66.0 Å². The van der Waals surface area contributed by atoms with Crippen LogP contribution in [0.2, 0.25) is 0 Å². The lowest BCUT2D eigenvalue weighted by molar-refractivity contribution is -0.121. The molecule has 0 spiro atoms. The van der Waals surface area contributed by atoms with Crippen LogP contribution in [0.1, 0.15) is 37.2 Å². The molecule has 7 heteroatoms. The van der Waals surface area contributed by atoms with E-state index >= 15 is 0 Å². The first-order valence-electron chi connectivity index (χ1n) is 8.57. The Hall–Kier alpha value is -2.08. The maximum atomic E-state index is 12.4. The largest absolute Gasteiger partial charge is 0.342 e. The summed E-state index contributed by atoms with van der Waals surface area (Å²) in [6, 6.07) is 17.6. The number of aromatic nitrogens is 2. The zero-order chi connectivity index (χ0) is 17.8. The van der Waals surface area contributed by atoms with Gasteiger partial charge in [0, 0.05) is 19.5 Å². The highest BCUT2D eigenvalue weighted by molar-refractivity contribution is 5.85. The lowest BCUT2D eigenvalue weighted by atomic mass is 10.1. The van der Waals surface area contributed by atoms with E-state index < -0.39 is 0 Å². The molecule has 0 aliphatic carbocycles. The van der Waals surface area contributed by atoms with E-state index in [1.807, 2.05) is 73.1 Å². The number of aryl methyl sites for hydroxylation is 1. The zero-order valence-electron chi connectivity index (χ0n) is 15.5. The predicted molar refractivity (Wildman–Crippen MR) is 115 cm³/mol. The minimum Gasteiger partial charge on any atom is -0.342 e. The predicted octanol–water partition coefficient (Wildman–Crippen LogP) is 3.75. The molecule has 2 atom stereocenters. The lowest BCUT2D eigenvalue weighted by Crippen LogP contribution is -2.32. The fraction of sp³-hybridized carbons (Fsp3) is 0.300. The molecule has 0 aliphatic heterocycles. The molecule has 1 amide bonds. The SMILES string of the molecule is CC(N)CCC(=O)NC(c1ccccc1)c1nc2ccccc2n1C.Cl.Cl. The second-order valence-electron chi connectivity index (χ2n) is 6.44. The first-order chi connectivity index (χ1) is 12.1. The number of para-hydroxylation sites is 2. The van der Waals surface area contributed by atoms with Crippen LogP contribution < -0.4 is 11.1 Å². The summed E-state index contributed by atoms with van der Waals surface area (Å²) >= 11 is 0. The van der Waals surface area contributed by atoms with Gasteiger partial charge in [-0.2, -0.15) is 0 Å². The minimum atomic E-state index is -0.292. The molecule has 3 N–H and O–H groups in total. The number of carbonyl (C=O) groups excluding carboxylic acids is 1. The van der Waals surface area contributed by atoms with Gasteiger partial charge in [-0.1, -0.05) is 42.5 Å². The van der Waals surface area contributed by atoms with Crippen molar-refractivity contribution in [3.63, 3.8) is 0 Å². The van der Waals surface area contributed by atoms with Crippen LogP contribution in [0.4, 0.5) is 0 Å². The summed E-state index contributed by atoms with van der Waals surface area (Å²) in [5.74, 6) is 0.805. The Balaban J connectivity index is 0.00000182. The Morgan fingerprint density at radius 3 is 2.37 bits per heavy atom. The number of nitrogens with two attached hydrogens (primary N) is 1. The molecule has 0 radical (unpaired) electrons. The van der Waals surface area contributed by atoms with Gasteiger partial charge in [0.2, 0.25) is 5.91 Å². The molecule has 5 nitrogen and oxygen atoms in total. The second-order valence-corrected chi connectivity index (χ2v) is 6.44. The molecule has 0 saturated carbocycles. The third-order valence-corrected chi connectivity index (χ3v) is 4.34. The van der Waals surface area contributed by atoms with E-state index in [0.29, 0.717) is 12.8 Å². The van der Waals surface area contributed by atoms with Gasteiger partial charge in [0.1, 0.15) is 11.9 Å².